The van der Waals surface area contributed by atoms with Crippen LogP contribution in [0.25, 0.3) is 0 Å². The van der Waals surface area contributed by atoms with Crippen molar-refractivity contribution in [1.82, 2.24) is 14.9 Å². The first-order valence-corrected chi connectivity index (χ1v) is 15.6. The van der Waals surface area contributed by atoms with E-state index in [1.807, 2.05) is 12.1 Å². The van der Waals surface area contributed by atoms with Crippen LogP contribution >= 0.6 is 0 Å². The van der Waals surface area contributed by atoms with E-state index in [9.17, 15) is 13.6 Å². The number of hydroxylamine groups is 1. The highest BCUT2D eigenvalue weighted by Crippen LogP contribution is 2.40. The van der Waals surface area contributed by atoms with Crippen molar-refractivity contribution in [3.8, 4) is 11.5 Å². The second-order valence-electron chi connectivity index (χ2n) is 11.5. The van der Waals surface area contributed by atoms with Gasteiger partial charge in [-0.05, 0) is 54.6 Å². The Morgan fingerprint density at radius 2 is 1.88 bits per heavy atom. The molecule has 48 heavy (non-hydrogen) atoms. The number of benzene rings is 3. The van der Waals surface area contributed by atoms with Crippen molar-refractivity contribution < 1.29 is 27.9 Å². The van der Waals surface area contributed by atoms with Crippen molar-refractivity contribution in [3.05, 3.63) is 102 Å². The van der Waals surface area contributed by atoms with Crippen molar-refractivity contribution in [3.63, 3.8) is 0 Å². The number of nitrogens with zero attached hydrogens (tertiary/aromatic N) is 5. The summed E-state index contributed by atoms with van der Waals surface area (Å²) in [6, 6.07) is 15.8. The fraction of sp³-hybridized carbons (Fsp3) is 0.286. The lowest BCUT2D eigenvalue weighted by Crippen LogP contribution is -2.44. The molecule has 1 atom stereocenters. The van der Waals surface area contributed by atoms with Crippen LogP contribution in [-0.4, -0.2) is 67.7 Å². The zero-order valence-corrected chi connectivity index (χ0v) is 26.8. The quantitative estimate of drug-likeness (QED) is 0.191. The molecule has 3 aromatic carbocycles. The summed E-state index contributed by atoms with van der Waals surface area (Å²) in [6.07, 6.45) is 3.27. The molecule has 0 unspecified atom stereocenters. The molecule has 13 heteroatoms. The van der Waals surface area contributed by atoms with Gasteiger partial charge in [0.2, 0.25) is 5.91 Å². The van der Waals surface area contributed by atoms with Gasteiger partial charge in [-0.1, -0.05) is 24.8 Å². The van der Waals surface area contributed by atoms with Crippen molar-refractivity contribution in [1.29, 1.82) is 0 Å². The Labute approximate surface area is 277 Å². The van der Waals surface area contributed by atoms with Gasteiger partial charge in [-0.3, -0.25) is 9.63 Å². The van der Waals surface area contributed by atoms with E-state index >= 15 is 0 Å². The first kappa shape index (κ1) is 32.7. The number of likely N-dealkylation sites (N-methyl/N-ethyl adjacent to an activating group) is 1. The minimum atomic E-state index is -0.523. The van der Waals surface area contributed by atoms with Gasteiger partial charge in [0.05, 0.1) is 36.8 Å². The minimum absolute atomic E-state index is 0.0166. The van der Waals surface area contributed by atoms with Crippen LogP contribution in [0.2, 0.25) is 0 Å². The van der Waals surface area contributed by atoms with Gasteiger partial charge in [-0.15, -0.1) is 0 Å². The zero-order valence-electron chi connectivity index (χ0n) is 26.8. The van der Waals surface area contributed by atoms with Gasteiger partial charge in [0, 0.05) is 44.7 Å². The van der Waals surface area contributed by atoms with Crippen molar-refractivity contribution in [2.24, 2.45) is 0 Å². The van der Waals surface area contributed by atoms with Gasteiger partial charge in [-0.2, -0.15) is 0 Å². The third-order valence-electron chi connectivity index (χ3n) is 8.27. The fourth-order valence-electron chi connectivity index (χ4n) is 5.73. The lowest BCUT2D eigenvalue weighted by Gasteiger charge is -2.35. The Morgan fingerprint density at radius 3 is 2.65 bits per heavy atom. The molecule has 0 bridgehead atoms. The molecule has 2 aliphatic heterocycles. The standard InChI is InChI=1S/C35H37F2N7O4/c1-4-35(45)41-27-18-28(32(46-3)19-30(27)43-13-11-42(2)12-14-43)40-33-20-34(39-22-38-33)44-29(10-15-48-44)24-8-9-26(37)31(17-24)47-21-23-6-5-7-25(36)16-23/h4-9,16-20,22,29H,1,10-15,21H2,2-3H3,(H,41,45)(H,38,39,40)/t29-/m1/s1. The number of rotatable bonds is 11. The summed E-state index contributed by atoms with van der Waals surface area (Å²) in [6.45, 7) is 7.41. The average Bonchev–Trinajstić information content (AvgIpc) is 3.59. The highest BCUT2D eigenvalue weighted by molar-refractivity contribution is 6.02. The maximum absolute atomic E-state index is 14.7. The van der Waals surface area contributed by atoms with E-state index in [1.54, 1.807) is 42.5 Å². The van der Waals surface area contributed by atoms with Crippen molar-refractivity contribution in [2.45, 2.75) is 19.1 Å². The number of halogens is 2. The molecular weight excluding hydrogens is 620 g/mol. The Kier molecular flexibility index (Phi) is 9.97. The van der Waals surface area contributed by atoms with Gasteiger partial charge >= 0.3 is 0 Å². The largest absolute Gasteiger partial charge is 0.494 e. The normalized spacial score (nSPS) is 16.5. The molecule has 0 radical (unpaired) electrons. The number of hydrogen-bond acceptors (Lipinski definition) is 10. The van der Waals surface area contributed by atoms with Crippen molar-refractivity contribution >= 4 is 34.6 Å². The molecule has 0 spiro atoms. The van der Waals surface area contributed by atoms with E-state index in [2.05, 4.69) is 44.0 Å². The molecule has 6 rings (SSSR count). The van der Waals surface area contributed by atoms with Crippen LogP contribution in [-0.2, 0) is 16.2 Å². The maximum Gasteiger partial charge on any atom is 0.247 e. The van der Waals surface area contributed by atoms with E-state index in [-0.39, 0.29) is 30.1 Å². The molecule has 1 aromatic heterocycles. The van der Waals surface area contributed by atoms with Crippen LogP contribution in [0.15, 0.2) is 79.6 Å². The van der Waals surface area contributed by atoms with Gasteiger partial charge in [0.15, 0.2) is 17.4 Å². The van der Waals surface area contributed by atoms with E-state index in [0.29, 0.717) is 47.4 Å². The number of carbonyl (C=O) groups excluding carboxylic acids is 1. The summed E-state index contributed by atoms with van der Waals surface area (Å²) in [5, 5.41) is 7.90. The van der Waals surface area contributed by atoms with E-state index in [4.69, 9.17) is 14.3 Å². The fourth-order valence-corrected chi connectivity index (χ4v) is 5.73. The number of hydrogen-bond donors (Lipinski definition) is 2. The van der Waals surface area contributed by atoms with Crippen LogP contribution in [0.4, 0.5) is 37.5 Å². The Morgan fingerprint density at radius 1 is 1.04 bits per heavy atom. The van der Waals surface area contributed by atoms with Crippen molar-refractivity contribution in [2.75, 3.05) is 67.5 Å². The Bertz CT molecular complexity index is 1780. The number of carbonyl (C=O) groups is 1. The van der Waals surface area contributed by atoms with Gasteiger partial charge in [0.25, 0.3) is 0 Å². The molecule has 0 aliphatic carbocycles. The third-order valence-corrected chi connectivity index (χ3v) is 8.27. The lowest BCUT2D eigenvalue weighted by atomic mass is 10.0. The number of ether oxygens (including phenoxy) is 2. The second-order valence-corrected chi connectivity index (χ2v) is 11.5. The predicted molar refractivity (Wildman–Crippen MR) is 180 cm³/mol. The van der Waals surface area contributed by atoms with Gasteiger partial charge in [0.1, 0.15) is 30.3 Å². The molecule has 250 valence electrons. The molecule has 2 N–H and O–H groups in total. The Balaban J connectivity index is 1.23. The topological polar surface area (TPSA) is 104 Å². The number of anilines is 5. The average molecular weight is 658 g/mol. The van der Waals surface area contributed by atoms with Crippen LogP contribution in [0.1, 0.15) is 23.6 Å². The van der Waals surface area contributed by atoms with Gasteiger partial charge in [-0.25, -0.2) is 23.8 Å². The molecule has 4 aromatic rings. The number of methoxy groups -OCH3 is 1. The molecule has 0 saturated carbocycles. The molecule has 2 aliphatic rings. The molecule has 11 nitrogen and oxygen atoms in total. The zero-order chi connectivity index (χ0) is 33.6. The first-order chi connectivity index (χ1) is 23.3. The highest BCUT2D eigenvalue weighted by Gasteiger charge is 2.30. The maximum atomic E-state index is 14.7. The lowest BCUT2D eigenvalue weighted by molar-refractivity contribution is -0.111. The molecule has 2 fully saturated rings. The summed E-state index contributed by atoms with van der Waals surface area (Å²) in [5.41, 5.74) is 3.39. The number of amides is 1. The van der Waals surface area contributed by atoms with Crippen LogP contribution in [0.5, 0.6) is 11.5 Å². The summed E-state index contributed by atoms with van der Waals surface area (Å²) in [4.78, 5) is 31.7. The molecule has 2 saturated heterocycles. The van der Waals surface area contributed by atoms with Crippen LogP contribution in [0, 0.1) is 11.6 Å². The number of aromatic nitrogens is 2. The molecule has 1 amide bonds. The second kappa shape index (κ2) is 14.7. The van der Waals surface area contributed by atoms with E-state index < -0.39 is 5.82 Å². The monoisotopic (exact) mass is 657 g/mol. The SMILES string of the molecule is C=CC(=O)Nc1cc(Nc2cc(N3OCC[C@@H]3c3ccc(F)c(OCc4cccc(F)c4)c3)ncn2)c(OC)cc1N1CCN(C)CC1. The number of piperazine rings is 1. The third kappa shape index (κ3) is 7.48. The minimum Gasteiger partial charge on any atom is -0.494 e. The first-order valence-electron chi connectivity index (χ1n) is 15.6. The van der Waals surface area contributed by atoms with Gasteiger partial charge < -0.3 is 29.9 Å². The summed E-state index contributed by atoms with van der Waals surface area (Å²) in [7, 11) is 3.67. The smallest absolute Gasteiger partial charge is 0.247 e. The summed E-state index contributed by atoms with van der Waals surface area (Å²) >= 11 is 0. The molecular formula is C35H37F2N7O4. The molecule has 3 heterocycles. The van der Waals surface area contributed by atoms with Crippen LogP contribution in [0.3, 0.4) is 0 Å². The van der Waals surface area contributed by atoms with Crippen LogP contribution < -0.4 is 30.1 Å². The number of nitrogens with one attached hydrogen (secondary N) is 2. The van der Waals surface area contributed by atoms with E-state index in [0.717, 1.165) is 37.4 Å². The summed E-state index contributed by atoms with van der Waals surface area (Å²) < 4.78 is 39.8. The van der Waals surface area contributed by atoms with E-state index in [1.165, 1.54) is 30.6 Å². The Hall–Kier alpha value is -5.27. The summed E-state index contributed by atoms with van der Waals surface area (Å²) in [5.74, 6) is 0.322. The predicted octanol–water partition coefficient (Wildman–Crippen LogP) is 5.85. The highest BCUT2D eigenvalue weighted by atomic mass is 19.1.